The predicted octanol–water partition coefficient (Wildman–Crippen LogP) is 3.08. The third kappa shape index (κ3) is 3.69. The van der Waals surface area contributed by atoms with Crippen LogP contribution in [0.25, 0.3) is 0 Å². The Morgan fingerprint density at radius 1 is 1.46 bits per heavy atom. The maximum Gasteiger partial charge on any atom is 0.318 e. The molecule has 1 fully saturated rings. The van der Waals surface area contributed by atoms with Gasteiger partial charge in [-0.3, -0.25) is 0 Å². The highest BCUT2D eigenvalue weighted by atomic mass is 16.5. The number of nitrogens with zero attached hydrogens (tertiary/aromatic N) is 2. The molecule has 0 saturated carbocycles. The normalized spacial score (nSPS) is 17.1. The molecule has 1 atom stereocenters. The highest BCUT2D eigenvalue weighted by molar-refractivity contribution is 5.75. The number of methoxy groups -OCH3 is 1. The Labute approximate surface area is 141 Å². The molecule has 1 aliphatic heterocycles. The molecule has 1 saturated heterocycles. The summed E-state index contributed by atoms with van der Waals surface area (Å²) in [5.74, 6) is 1.60. The predicted molar refractivity (Wildman–Crippen MR) is 90.0 cm³/mol. The maximum absolute atomic E-state index is 12.5. The molecule has 3 rings (SSSR count). The second-order valence-corrected chi connectivity index (χ2v) is 6.06. The van der Waals surface area contributed by atoms with Gasteiger partial charge in [-0.15, -0.1) is 0 Å². The van der Waals surface area contributed by atoms with Crippen LogP contribution in [0, 0.1) is 6.92 Å². The summed E-state index contributed by atoms with van der Waals surface area (Å²) < 4.78 is 10.6. The molecule has 2 amide bonds. The number of carbonyl (C=O) groups is 1. The first-order valence-corrected chi connectivity index (χ1v) is 8.28. The molecule has 24 heavy (non-hydrogen) atoms. The molecule has 2 aromatic rings. The van der Waals surface area contributed by atoms with E-state index >= 15 is 0 Å². The first kappa shape index (κ1) is 16.4. The third-order valence-corrected chi connectivity index (χ3v) is 4.31. The molecule has 1 aromatic carbocycles. The van der Waals surface area contributed by atoms with Crippen LogP contribution in [0.2, 0.25) is 0 Å². The van der Waals surface area contributed by atoms with E-state index in [1.807, 2.05) is 42.2 Å². The highest BCUT2D eigenvalue weighted by Gasteiger charge is 2.32. The lowest BCUT2D eigenvalue weighted by atomic mass is 10.1. The van der Waals surface area contributed by atoms with Crippen LogP contribution >= 0.6 is 0 Å². The number of hydrogen-bond donors (Lipinski definition) is 1. The van der Waals surface area contributed by atoms with E-state index < -0.39 is 0 Å². The van der Waals surface area contributed by atoms with Crippen molar-refractivity contribution in [2.24, 2.45) is 0 Å². The molecular weight excluding hydrogens is 306 g/mol. The number of aryl methyl sites for hydroxylation is 1. The monoisotopic (exact) mass is 329 g/mol. The van der Waals surface area contributed by atoms with E-state index in [9.17, 15) is 4.79 Å². The lowest BCUT2D eigenvalue weighted by Gasteiger charge is -2.23. The van der Waals surface area contributed by atoms with Gasteiger partial charge in [0.1, 0.15) is 5.75 Å². The quantitative estimate of drug-likeness (QED) is 0.915. The number of hydrogen-bond acceptors (Lipinski definition) is 4. The summed E-state index contributed by atoms with van der Waals surface area (Å²) in [5, 5.41) is 6.93. The molecule has 2 heterocycles. The Morgan fingerprint density at radius 2 is 2.33 bits per heavy atom. The summed E-state index contributed by atoms with van der Waals surface area (Å²) in [6.07, 6.45) is 2.66. The fourth-order valence-corrected chi connectivity index (χ4v) is 3.09. The van der Waals surface area contributed by atoms with Crippen LogP contribution in [0.4, 0.5) is 4.79 Å². The number of aromatic nitrogens is 1. The zero-order valence-corrected chi connectivity index (χ0v) is 14.1. The fourth-order valence-electron chi connectivity index (χ4n) is 3.09. The second-order valence-electron chi connectivity index (χ2n) is 6.06. The fraction of sp³-hybridized carbons (Fsp3) is 0.444. The molecule has 1 N–H and O–H groups in total. The standard InChI is InChI=1S/C18H23N3O3/c1-13-11-17(24-20-13)16-7-4-10-21(16)18(22)19-9-8-14-5-3-6-15(12-14)23-2/h3,5-6,11-12,16H,4,7-10H2,1-2H3,(H,19,22). The van der Waals surface area contributed by atoms with Gasteiger partial charge in [-0.1, -0.05) is 17.3 Å². The number of urea groups is 1. The van der Waals surface area contributed by atoms with Gasteiger partial charge in [-0.2, -0.15) is 0 Å². The zero-order valence-electron chi connectivity index (χ0n) is 14.1. The van der Waals surface area contributed by atoms with Gasteiger partial charge < -0.3 is 19.5 Å². The minimum Gasteiger partial charge on any atom is -0.497 e. The number of benzene rings is 1. The van der Waals surface area contributed by atoms with Gasteiger partial charge in [0.2, 0.25) is 0 Å². The Bertz CT molecular complexity index is 698. The van der Waals surface area contributed by atoms with Gasteiger partial charge in [0, 0.05) is 19.2 Å². The summed E-state index contributed by atoms with van der Waals surface area (Å²) in [4.78, 5) is 14.3. The summed E-state index contributed by atoms with van der Waals surface area (Å²) in [5.41, 5.74) is 1.98. The van der Waals surface area contributed by atoms with E-state index in [2.05, 4.69) is 10.5 Å². The van der Waals surface area contributed by atoms with E-state index in [0.29, 0.717) is 6.54 Å². The van der Waals surface area contributed by atoms with Gasteiger partial charge >= 0.3 is 6.03 Å². The lowest BCUT2D eigenvalue weighted by Crippen LogP contribution is -2.40. The van der Waals surface area contributed by atoms with Crippen LogP contribution in [-0.2, 0) is 6.42 Å². The number of likely N-dealkylation sites (tertiary alicyclic amines) is 1. The van der Waals surface area contributed by atoms with Crippen molar-refractivity contribution >= 4 is 6.03 Å². The van der Waals surface area contributed by atoms with E-state index in [1.165, 1.54) is 0 Å². The summed E-state index contributed by atoms with van der Waals surface area (Å²) in [7, 11) is 1.65. The Hall–Kier alpha value is -2.50. The first-order valence-electron chi connectivity index (χ1n) is 8.28. The largest absolute Gasteiger partial charge is 0.497 e. The molecule has 128 valence electrons. The van der Waals surface area contributed by atoms with Crippen LogP contribution in [0.15, 0.2) is 34.9 Å². The molecule has 1 unspecified atom stereocenters. The molecule has 1 aliphatic rings. The van der Waals surface area contributed by atoms with Crippen molar-refractivity contribution in [3.8, 4) is 5.75 Å². The molecule has 0 bridgehead atoms. The minimum atomic E-state index is -0.0468. The van der Waals surface area contributed by atoms with Gasteiger partial charge in [0.15, 0.2) is 5.76 Å². The maximum atomic E-state index is 12.5. The van der Waals surface area contributed by atoms with Crippen molar-refractivity contribution in [3.63, 3.8) is 0 Å². The third-order valence-electron chi connectivity index (χ3n) is 4.31. The van der Waals surface area contributed by atoms with E-state index in [0.717, 1.165) is 48.6 Å². The highest BCUT2D eigenvalue weighted by Crippen LogP contribution is 2.32. The average Bonchev–Trinajstić information content (AvgIpc) is 3.23. The topological polar surface area (TPSA) is 67.6 Å². The Balaban J connectivity index is 1.54. The molecule has 1 aromatic heterocycles. The van der Waals surface area contributed by atoms with Gasteiger partial charge in [0.05, 0.1) is 18.8 Å². The second kappa shape index (κ2) is 7.38. The average molecular weight is 329 g/mol. The van der Waals surface area contributed by atoms with Gasteiger partial charge in [0.25, 0.3) is 0 Å². The van der Waals surface area contributed by atoms with Crippen molar-refractivity contribution in [3.05, 3.63) is 47.3 Å². The Kier molecular flexibility index (Phi) is 5.03. The van der Waals surface area contributed by atoms with E-state index in [4.69, 9.17) is 9.26 Å². The molecule has 0 aliphatic carbocycles. The van der Waals surface area contributed by atoms with Crippen LogP contribution in [-0.4, -0.2) is 36.3 Å². The van der Waals surface area contributed by atoms with Crippen molar-refractivity contribution in [1.29, 1.82) is 0 Å². The van der Waals surface area contributed by atoms with Crippen molar-refractivity contribution in [1.82, 2.24) is 15.4 Å². The van der Waals surface area contributed by atoms with Crippen LogP contribution < -0.4 is 10.1 Å². The Morgan fingerprint density at radius 3 is 3.08 bits per heavy atom. The van der Waals surface area contributed by atoms with Crippen LogP contribution in [0.3, 0.4) is 0 Å². The SMILES string of the molecule is COc1cccc(CCNC(=O)N2CCCC2c2cc(C)no2)c1. The first-order chi connectivity index (χ1) is 11.7. The van der Waals surface area contributed by atoms with Gasteiger partial charge in [-0.25, -0.2) is 4.79 Å². The van der Waals surface area contributed by atoms with E-state index in [-0.39, 0.29) is 12.1 Å². The smallest absolute Gasteiger partial charge is 0.318 e. The number of ether oxygens (including phenoxy) is 1. The van der Waals surface area contributed by atoms with Crippen LogP contribution in [0.5, 0.6) is 5.75 Å². The minimum absolute atomic E-state index is 0.0111. The number of rotatable bonds is 5. The molecule has 0 radical (unpaired) electrons. The van der Waals surface area contributed by atoms with E-state index in [1.54, 1.807) is 7.11 Å². The van der Waals surface area contributed by atoms with Crippen molar-refractivity contribution < 1.29 is 14.1 Å². The number of nitrogens with one attached hydrogen (secondary N) is 1. The molecular formula is C18H23N3O3. The zero-order chi connectivity index (χ0) is 16.9. The molecule has 0 spiro atoms. The molecule has 6 heteroatoms. The summed E-state index contributed by atoms with van der Waals surface area (Å²) in [6.45, 7) is 3.22. The molecule has 6 nitrogen and oxygen atoms in total. The summed E-state index contributed by atoms with van der Waals surface area (Å²) >= 11 is 0. The van der Waals surface area contributed by atoms with Crippen molar-refractivity contribution in [2.45, 2.75) is 32.2 Å². The van der Waals surface area contributed by atoms with Gasteiger partial charge in [-0.05, 0) is 43.9 Å². The lowest BCUT2D eigenvalue weighted by molar-refractivity contribution is 0.182. The number of carbonyl (C=O) groups excluding carboxylic acids is 1. The number of amides is 2. The van der Waals surface area contributed by atoms with Crippen molar-refractivity contribution in [2.75, 3.05) is 20.2 Å². The van der Waals surface area contributed by atoms with Crippen LogP contribution in [0.1, 0.15) is 35.9 Å². The summed E-state index contributed by atoms with van der Waals surface area (Å²) in [6, 6.07) is 9.74.